The molecule has 4 rings (SSSR count). The smallest absolute Gasteiger partial charge is 0.259 e. The molecule has 2 saturated heterocycles. The van der Waals surface area contributed by atoms with E-state index < -0.39 is 21.7 Å². The van der Waals surface area contributed by atoms with Gasteiger partial charge in [-0.05, 0) is 18.2 Å². The lowest BCUT2D eigenvalue weighted by Gasteiger charge is -2.35. The van der Waals surface area contributed by atoms with Gasteiger partial charge < -0.3 is 19.6 Å². The molecule has 9 nitrogen and oxygen atoms in total. The summed E-state index contributed by atoms with van der Waals surface area (Å²) < 4.78 is 32.1. The molecule has 0 spiro atoms. The molecule has 0 unspecified atom stereocenters. The Kier molecular flexibility index (Phi) is 7.23. The summed E-state index contributed by atoms with van der Waals surface area (Å²) in [7, 11) is -3.61. The number of amides is 1. The zero-order valence-corrected chi connectivity index (χ0v) is 20.5. The Morgan fingerprint density at radius 2 is 1.67 bits per heavy atom. The first-order valence-corrected chi connectivity index (χ1v) is 12.7. The molecular weight excluding hydrogens is 515 g/mol. The number of phenols is 1. The van der Waals surface area contributed by atoms with E-state index in [9.17, 15) is 18.3 Å². The predicted octanol–water partition coefficient (Wildman–Crippen LogP) is 2.73. The molecule has 0 radical (unpaired) electrons. The zero-order chi connectivity index (χ0) is 23.8. The summed E-state index contributed by atoms with van der Waals surface area (Å²) in [4.78, 5) is 20.9. The van der Waals surface area contributed by atoms with Gasteiger partial charge in [-0.15, -0.1) is 0 Å². The number of carbonyl (C=O) groups excluding carboxylic acids is 1. The third kappa shape index (κ3) is 4.87. The van der Waals surface area contributed by atoms with Crippen LogP contribution in [0.3, 0.4) is 0 Å². The van der Waals surface area contributed by atoms with Crippen LogP contribution >= 0.6 is 34.8 Å². The molecule has 0 bridgehead atoms. The minimum Gasteiger partial charge on any atom is -0.505 e. The number of pyridine rings is 1. The highest BCUT2D eigenvalue weighted by molar-refractivity contribution is 7.89. The maximum Gasteiger partial charge on any atom is 0.259 e. The van der Waals surface area contributed by atoms with Crippen molar-refractivity contribution >= 4 is 56.6 Å². The van der Waals surface area contributed by atoms with E-state index in [1.165, 1.54) is 22.6 Å². The molecule has 178 valence electrons. The summed E-state index contributed by atoms with van der Waals surface area (Å²) >= 11 is 18.1. The van der Waals surface area contributed by atoms with E-state index in [1.54, 1.807) is 11.0 Å². The van der Waals surface area contributed by atoms with Gasteiger partial charge in [0.2, 0.25) is 10.0 Å². The van der Waals surface area contributed by atoms with Crippen molar-refractivity contribution in [2.75, 3.05) is 57.4 Å². The van der Waals surface area contributed by atoms with Crippen LogP contribution in [0.5, 0.6) is 5.75 Å². The Morgan fingerprint density at radius 1 is 1.00 bits per heavy atom. The molecule has 33 heavy (non-hydrogen) atoms. The van der Waals surface area contributed by atoms with Gasteiger partial charge in [-0.25, -0.2) is 13.4 Å². The van der Waals surface area contributed by atoms with Crippen molar-refractivity contribution in [1.82, 2.24) is 14.2 Å². The number of ether oxygens (including phenoxy) is 1. The van der Waals surface area contributed by atoms with Gasteiger partial charge in [-0.2, -0.15) is 4.31 Å². The lowest BCUT2D eigenvalue weighted by atomic mass is 10.1. The van der Waals surface area contributed by atoms with Crippen LogP contribution in [0.4, 0.5) is 5.82 Å². The normalized spacial score (nSPS) is 17.9. The topological polar surface area (TPSA) is 103 Å². The Bertz CT molecular complexity index is 1120. The van der Waals surface area contributed by atoms with Crippen molar-refractivity contribution in [2.45, 2.75) is 4.90 Å². The summed E-state index contributed by atoms with van der Waals surface area (Å²) in [5, 5.41) is 10.2. The molecule has 2 aliphatic heterocycles. The fourth-order valence-corrected chi connectivity index (χ4v) is 5.77. The monoisotopic (exact) mass is 534 g/mol. The fourth-order valence-electron chi connectivity index (χ4n) is 3.73. The van der Waals surface area contributed by atoms with Crippen LogP contribution in [-0.4, -0.2) is 86.1 Å². The van der Waals surface area contributed by atoms with E-state index in [2.05, 4.69) is 4.98 Å². The fraction of sp³-hybridized carbons (Fsp3) is 0.400. The molecule has 2 fully saturated rings. The van der Waals surface area contributed by atoms with Crippen molar-refractivity contribution in [2.24, 2.45) is 0 Å². The van der Waals surface area contributed by atoms with Gasteiger partial charge >= 0.3 is 0 Å². The second-order valence-electron chi connectivity index (χ2n) is 7.53. The number of piperazine rings is 1. The van der Waals surface area contributed by atoms with Gasteiger partial charge in [0, 0.05) is 45.5 Å². The number of halogens is 3. The maximum atomic E-state index is 12.9. The average Bonchev–Trinajstić information content (AvgIpc) is 2.83. The number of nitrogens with zero attached hydrogens (tertiary/aromatic N) is 4. The zero-order valence-electron chi connectivity index (χ0n) is 17.4. The number of morpholine rings is 1. The predicted molar refractivity (Wildman–Crippen MR) is 125 cm³/mol. The number of benzene rings is 1. The van der Waals surface area contributed by atoms with Gasteiger partial charge in [0.25, 0.3) is 5.91 Å². The number of aromatic hydroxyl groups is 1. The molecule has 0 aliphatic carbocycles. The summed E-state index contributed by atoms with van der Waals surface area (Å²) in [6.45, 7) is 2.98. The Hall–Kier alpha value is -1.82. The Labute approximate surface area is 206 Å². The molecule has 1 amide bonds. The summed E-state index contributed by atoms with van der Waals surface area (Å²) in [6.07, 6.45) is 1.35. The van der Waals surface area contributed by atoms with Gasteiger partial charge in [-0.3, -0.25) is 4.79 Å². The lowest BCUT2D eigenvalue weighted by molar-refractivity contribution is 0.0730. The molecule has 2 aromatic rings. The number of rotatable bonds is 4. The van der Waals surface area contributed by atoms with Crippen LogP contribution in [0, 0.1) is 0 Å². The second-order valence-corrected chi connectivity index (χ2v) is 10.7. The highest BCUT2D eigenvalue weighted by Crippen LogP contribution is 2.39. The van der Waals surface area contributed by atoms with Gasteiger partial charge in [0.05, 0.1) is 28.3 Å². The molecule has 0 atom stereocenters. The van der Waals surface area contributed by atoms with Crippen LogP contribution in [0.1, 0.15) is 10.4 Å². The highest BCUT2D eigenvalue weighted by Gasteiger charge is 2.30. The molecule has 0 saturated carbocycles. The first-order valence-electron chi connectivity index (χ1n) is 10.1. The van der Waals surface area contributed by atoms with Crippen LogP contribution in [0.15, 0.2) is 29.3 Å². The van der Waals surface area contributed by atoms with Crippen LogP contribution in [-0.2, 0) is 14.8 Å². The third-order valence-electron chi connectivity index (χ3n) is 5.58. The van der Waals surface area contributed by atoms with Gasteiger partial charge in [0.15, 0.2) is 0 Å². The standard InChI is InChI=1S/C20H21Cl3N4O5S/c21-14-11-15(22)19(28)17(18(14)23)20(29)26-5-3-25(4-6-26)16-2-1-13(12-24-16)33(30,31)27-7-9-32-10-8-27/h1-2,11-12,28H,3-10H2. The van der Waals surface area contributed by atoms with Crippen molar-refractivity contribution in [3.05, 3.63) is 45.0 Å². The Morgan fingerprint density at radius 3 is 2.27 bits per heavy atom. The number of sulfonamides is 1. The van der Waals surface area contributed by atoms with Crippen LogP contribution in [0.2, 0.25) is 15.1 Å². The van der Waals surface area contributed by atoms with Crippen molar-refractivity contribution < 1.29 is 23.1 Å². The number of hydrogen-bond donors (Lipinski definition) is 1. The highest BCUT2D eigenvalue weighted by atomic mass is 35.5. The molecule has 1 aromatic carbocycles. The summed E-state index contributed by atoms with van der Waals surface area (Å²) in [6, 6.07) is 4.48. The van der Waals surface area contributed by atoms with E-state index in [0.717, 1.165) is 0 Å². The maximum absolute atomic E-state index is 12.9. The number of phenolic OH excluding ortho intramolecular Hbond substituents is 1. The largest absolute Gasteiger partial charge is 0.505 e. The van der Waals surface area contributed by atoms with Crippen LogP contribution < -0.4 is 4.90 Å². The second kappa shape index (κ2) is 9.81. The summed E-state index contributed by atoms with van der Waals surface area (Å²) in [5.41, 5.74) is -0.126. The van der Waals surface area contributed by atoms with Crippen molar-refractivity contribution in [1.29, 1.82) is 0 Å². The first-order chi connectivity index (χ1) is 15.7. The number of hydrogen-bond acceptors (Lipinski definition) is 7. The SMILES string of the molecule is O=C(c1c(O)c(Cl)cc(Cl)c1Cl)N1CCN(c2ccc(S(=O)(=O)N3CCOCC3)cn2)CC1. The molecule has 13 heteroatoms. The Balaban J connectivity index is 1.43. The van der Waals surface area contributed by atoms with Gasteiger partial charge in [0.1, 0.15) is 22.0 Å². The molecule has 1 aromatic heterocycles. The minimum atomic E-state index is -3.61. The molecule has 2 aliphatic rings. The average molecular weight is 536 g/mol. The van der Waals surface area contributed by atoms with Gasteiger partial charge in [-0.1, -0.05) is 34.8 Å². The lowest BCUT2D eigenvalue weighted by Crippen LogP contribution is -2.49. The quantitative estimate of drug-likeness (QED) is 0.601. The van der Waals surface area contributed by atoms with Crippen LogP contribution in [0.25, 0.3) is 0 Å². The first kappa shape index (κ1) is 24.3. The summed E-state index contributed by atoms with van der Waals surface area (Å²) in [5.74, 6) is -0.270. The number of carbonyl (C=O) groups is 1. The van der Waals surface area contributed by atoms with E-state index in [-0.39, 0.29) is 25.5 Å². The van der Waals surface area contributed by atoms with E-state index >= 15 is 0 Å². The van der Waals surface area contributed by atoms with E-state index in [0.29, 0.717) is 58.3 Å². The van der Waals surface area contributed by atoms with Crippen molar-refractivity contribution in [3.63, 3.8) is 0 Å². The van der Waals surface area contributed by atoms with E-state index in [4.69, 9.17) is 39.5 Å². The van der Waals surface area contributed by atoms with Crippen molar-refractivity contribution in [3.8, 4) is 5.75 Å². The van der Waals surface area contributed by atoms with E-state index in [1.807, 2.05) is 4.90 Å². The number of anilines is 1. The minimum absolute atomic E-state index is 0.0512. The molecular formula is C20H21Cl3N4O5S. The molecule has 3 heterocycles. The number of aromatic nitrogens is 1. The molecule has 1 N–H and O–H groups in total. The third-order valence-corrected chi connectivity index (χ3v) is 8.54.